The molecule has 0 fully saturated rings. The number of rotatable bonds is 5. The van der Waals surface area contributed by atoms with Gasteiger partial charge in [-0.2, -0.15) is 0 Å². The number of hydrogen-bond acceptors (Lipinski definition) is 4. The molecule has 6 heteroatoms. The molecule has 0 unspecified atom stereocenters. The van der Waals surface area contributed by atoms with E-state index in [2.05, 4.69) is 26.2 Å². The largest absolute Gasteiger partial charge is 0.495 e. The van der Waals surface area contributed by atoms with Gasteiger partial charge < -0.3 is 14.5 Å². The third-order valence-corrected chi connectivity index (χ3v) is 5.17. The van der Waals surface area contributed by atoms with Crippen molar-refractivity contribution in [3.63, 3.8) is 0 Å². The summed E-state index contributed by atoms with van der Waals surface area (Å²) in [5.74, 6) is 1.35. The highest BCUT2D eigenvalue weighted by Crippen LogP contribution is 2.30. The second-order valence-corrected chi connectivity index (χ2v) is 7.66. The van der Waals surface area contributed by atoms with Gasteiger partial charge in [-0.25, -0.2) is 4.98 Å². The lowest BCUT2D eigenvalue weighted by Gasteiger charge is -2.12. The lowest BCUT2D eigenvalue weighted by Crippen LogP contribution is -2.14. The van der Waals surface area contributed by atoms with Gasteiger partial charge in [-0.1, -0.05) is 46.3 Å². The van der Waals surface area contributed by atoms with Crippen molar-refractivity contribution in [2.75, 3.05) is 12.4 Å². The summed E-state index contributed by atoms with van der Waals surface area (Å²) < 4.78 is 12.3. The lowest BCUT2D eigenvalue weighted by molar-refractivity contribution is 0.102. The van der Waals surface area contributed by atoms with E-state index in [0.29, 0.717) is 34.2 Å². The van der Waals surface area contributed by atoms with Crippen molar-refractivity contribution in [2.24, 2.45) is 0 Å². The van der Waals surface area contributed by atoms with E-state index in [0.717, 1.165) is 15.6 Å². The number of amides is 1. The molecule has 150 valence electrons. The fourth-order valence-electron chi connectivity index (χ4n) is 3.12. The number of aryl methyl sites for hydroxylation is 1. The molecular formula is C24H19BrN2O3. The van der Waals surface area contributed by atoms with E-state index in [1.165, 1.54) is 0 Å². The summed E-state index contributed by atoms with van der Waals surface area (Å²) >= 11 is 3.43. The summed E-state index contributed by atoms with van der Waals surface area (Å²) in [5, 5.41) is 2.93. The fraction of sp³-hybridized carbons (Fsp3) is 0.0833. The number of carbonyl (C=O) groups is 1. The van der Waals surface area contributed by atoms with Crippen LogP contribution in [-0.4, -0.2) is 18.0 Å². The van der Waals surface area contributed by atoms with Crippen LogP contribution in [0.1, 0.15) is 15.9 Å². The van der Waals surface area contributed by atoms with Crippen molar-refractivity contribution in [1.29, 1.82) is 0 Å². The first-order chi connectivity index (χ1) is 14.5. The van der Waals surface area contributed by atoms with E-state index >= 15 is 0 Å². The first-order valence-electron chi connectivity index (χ1n) is 9.32. The molecule has 1 heterocycles. The second kappa shape index (κ2) is 8.55. The van der Waals surface area contributed by atoms with Crippen LogP contribution in [0.2, 0.25) is 0 Å². The summed E-state index contributed by atoms with van der Waals surface area (Å²) in [6, 6.07) is 20.6. The van der Waals surface area contributed by atoms with E-state index in [1.807, 2.05) is 67.6 Å². The molecule has 4 rings (SSSR count). The number of anilines is 1. The number of nitrogens with zero attached hydrogens (tertiary/aromatic N) is 1. The maximum Gasteiger partial charge on any atom is 0.256 e. The minimum atomic E-state index is -0.266. The molecule has 0 spiro atoms. The van der Waals surface area contributed by atoms with Crippen LogP contribution in [0.15, 0.2) is 81.8 Å². The van der Waals surface area contributed by atoms with E-state index in [4.69, 9.17) is 9.15 Å². The normalized spacial score (nSPS) is 10.6. The standard InChI is InChI=1S/C24H19BrN2O3/c1-15-7-12-21(29-2)20(13-15)27-23(28)18-5-3-4-6-19(18)24-26-14-22(30-24)16-8-10-17(25)11-9-16/h3-14H,1-2H3,(H,27,28). The molecule has 0 atom stereocenters. The van der Waals surface area contributed by atoms with Crippen molar-refractivity contribution in [2.45, 2.75) is 6.92 Å². The minimum absolute atomic E-state index is 0.266. The summed E-state index contributed by atoms with van der Waals surface area (Å²) in [7, 11) is 1.57. The summed E-state index contributed by atoms with van der Waals surface area (Å²) in [6.45, 7) is 1.96. The van der Waals surface area contributed by atoms with Gasteiger partial charge in [-0.3, -0.25) is 4.79 Å². The maximum absolute atomic E-state index is 13.1. The van der Waals surface area contributed by atoms with Crippen LogP contribution >= 0.6 is 15.9 Å². The number of oxazole rings is 1. The van der Waals surface area contributed by atoms with Crippen LogP contribution in [0.25, 0.3) is 22.8 Å². The first-order valence-corrected chi connectivity index (χ1v) is 10.1. The average molecular weight is 463 g/mol. The van der Waals surface area contributed by atoms with E-state index < -0.39 is 0 Å². The number of aromatic nitrogens is 1. The van der Waals surface area contributed by atoms with Gasteiger partial charge in [-0.15, -0.1) is 0 Å². The van der Waals surface area contributed by atoms with Gasteiger partial charge in [0.2, 0.25) is 5.89 Å². The summed E-state index contributed by atoms with van der Waals surface area (Å²) in [5.41, 5.74) is 3.62. The summed E-state index contributed by atoms with van der Waals surface area (Å²) in [6.07, 6.45) is 1.66. The molecule has 5 nitrogen and oxygen atoms in total. The molecule has 4 aromatic rings. The molecule has 1 aromatic heterocycles. The molecule has 3 aromatic carbocycles. The fourth-order valence-corrected chi connectivity index (χ4v) is 3.39. The van der Waals surface area contributed by atoms with Crippen LogP contribution in [0, 0.1) is 6.92 Å². The molecule has 0 aliphatic carbocycles. The maximum atomic E-state index is 13.1. The number of benzene rings is 3. The van der Waals surface area contributed by atoms with Crippen LogP contribution in [0.4, 0.5) is 5.69 Å². The smallest absolute Gasteiger partial charge is 0.256 e. The molecule has 0 aliphatic rings. The summed E-state index contributed by atoms with van der Waals surface area (Å²) in [4.78, 5) is 17.5. The SMILES string of the molecule is COc1ccc(C)cc1NC(=O)c1ccccc1-c1ncc(-c2ccc(Br)cc2)o1. The Morgan fingerprint density at radius 3 is 2.60 bits per heavy atom. The third kappa shape index (κ3) is 4.14. The van der Waals surface area contributed by atoms with Crippen molar-refractivity contribution in [1.82, 2.24) is 4.98 Å². The Morgan fingerprint density at radius 1 is 1.07 bits per heavy atom. The molecule has 1 N–H and O–H groups in total. The van der Waals surface area contributed by atoms with Crippen molar-refractivity contribution in [3.05, 3.63) is 88.5 Å². The number of halogens is 1. The highest BCUT2D eigenvalue weighted by Gasteiger charge is 2.18. The van der Waals surface area contributed by atoms with Gasteiger partial charge in [0.25, 0.3) is 5.91 Å². The number of methoxy groups -OCH3 is 1. The Bertz CT molecular complexity index is 1200. The Labute approximate surface area is 182 Å². The van der Waals surface area contributed by atoms with Gasteiger partial charge >= 0.3 is 0 Å². The Balaban J connectivity index is 1.66. The molecule has 0 bridgehead atoms. The van der Waals surface area contributed by atoms with Gasteiger partial charge in [0.05, 0.1) is 24.6 Å². The van der Waals surface area contributed by atoms with Crippen LogP contribution in [-0.2, 0) is 0 Å². The molecule has 0 saturated heterocycles. The Kier molecular flexibility index (Phi) is 5.68. The van der Waals surface area contributed by atoms with Crippen LogP contribution < -0.4 is 10.1 Å². The second-order valence-electron chi connectivity index (χ2n) is 6.74. The van der Waals surface area contributed by atoms with Crippen molar-refractivity contribution >= 4 is 27.5 Å². The zero-order valence-corrected chi connectivity index (χ0v) is 18.1. The number of hydrogen-bond donors (Lipinski definition) is 1. The van der Waals surface area contributed by atoms with E-state index in [1.54, 1.807) is 19.4 Å². The number of carbonyl (C=O) groups excluding carboxylic acids is 1. The van der Waals surface area contributed by atoms with Gasteiger partial charge in [-0.05, 0) is 48.9 Å². The Hall–Kier alpha value is -3.38. The quantitative estimate of drug-likeness (QED) is 0.375. The predicted octanol–water partition coefficient (Wildman–Crippen LogP) is 6.34. The monoisotopic (exact) mass is 462 g/mol. The van der Waals surface area contributed by atoms with Crippen molar-refractivity contribution in [3.8, 4) is 28.5 Å². The Morgan fingerprint density at radius 2 is 1.83 bits per heavy atom. The third-order valence-electron chi connectivity index (χ3n) is 4.64. The van der Waals surface area contributed by atoms with Gasteiger partial charge in [0.1, 0.15) is 5.75 Å². The lowest BCUT2D eigenvalue weighted by atomic mass is 10.1. The topological polar surface area (TPSA) is 64.4 Å². The molecular weight excluding hydrogens is 444 g/mol. The molecule has 30 heavy (non-hydrogen) atoms. The highest BCUT2D eigenvalue weighted by molar-refractivity contribution is 9.10. The molecule has 0 radical (unpaired) electrons. The van der Waals surface area contributed by atoms with Gasteiger partial charge in [0, 0.05) is 15.6 Å². The van der Waals surface area contributed by atoms with E-state index in [9.17, 15) is 4.79 Å². The van der Waals surface area contributed by atoms with Gasteiger partial charge in [0.15, 0.2) is 5.76 Å². The molecule has 0 aliphatic heterocycles. The predicted molar refractivity (Wildman–Crippen MR) is 121 cm³/mol. The zero-order valence-electron chi connectivity index (χ0n) is 16.5. The van der Waals surface area contributed by atoms with Crippen LogP contribution in [0.5, 0.6) is 5.75 Å². The highest BCUT2D eigenvalue weighted by atomic mass is 79.9. The number of nitrogens with one attached hydrogen (secondary N) is 1. The average Bonchev–Trinajstić information content (AvgIpc) is 3.24. The van der Waals surface area contributed by atoms with Crippen LogP contribution in [0.3, 0.4) is 0 Å². The zero-order chi connectivity index (χ0) is 21.1. The number of ether oxygens (including phenoxy) is 1. The first kappa shape index (κ1) is 19.9. The van der Waals surface area contributed by atoms with Crippen molar-refractivity contribution < 1.29 is 13.9 Å². The molecule has 1 amide bonds. The minimum Gasteiger partial charge on any atom is -0.495 e. The molecule has 0 saturated carbocycles. The van der Waals surface area contributed by atoms with E-state index in [-0.39, 0.29) is 5.91 Å².